The minimum Gasteiger partial charge on any atom is -0.378 e. The highest BCUT2D eigenvalue weighted by molar-refractivity contribution is 5.62. The molecule has 2 rings (SSSR count). The van der Waals surface area contributed by atoms with E-state index < -0.39 is 16.4 Å². The lowest BCUT2D eigenvalue weighted by Gasteiger charge is -2.39. The van der Waals surface area contributed by atoms with E-state index in [1.54, 1.807) is 0 Å². The molecule has 110 valence electrons. The molecular formula is C14H20FN3O2. The molecular weight excluding hydrogens is 261 g/mol. The molecule has 20 heavy (non-hydrogen) atoms. The van der Waals surface area contributed by atoms with E-state index >= 15 is 0 Å². The number of halogens is 1. The molecule has 1 saturated heterocycles. The number of nitro groups is 1. The Hall–Kier alpha value is -1.69. The topological polar surface area (TPSA) is 67.2 Å². The fourth-order valence-corrected chi connectivity index (χ4v) is 2.67. The summed E-state index contributed by atoms with van der Waals surface area (Å²) in [5, 5.41) is 17.4. The summed E-state index contributed by atoms with van der Waals surface area (Å²) in [5.41, 5.74) is -0.132. The average Bonchev–Trinajstić information content (AvgIpc) is 2.36. The highest BCUT2D eigenvalue weighted by atomic mass is 19.1. The molecule has 1 heterocycles. The second-order valence-corrected chi connectivity index (χ2v) is 5.87. The van der Waals surface area contributed by atoms with Crippen molar-refractivity contribution in [2.45, 2.75) is 32.7 Å². The summed E-state index contributed by atoms with van der Waals surface area (Å²) in [6, 6.07) is 4.33. The molecule has 0 spiro atoms. The molecule has 1 unspecified atom stereocenters. The van der Waals surface area contributed by atoms with Gasteiger partial charge in [0, 0.05) is 12.6 Å². The molecule has 1 aliphatic heterocycles. The summed E-state index contributed by atoms with van der Waals surface area (Å²) < 4.78 is 13.5. The van der Waals surface area contributed by atoms with Gasteiger partial charge in [0.1, 0.15) is 5.69 Å². The fourth-order valence-electron chi connectivity index (χ4n) is 2.67. The third-order valence-electron chi connectivity index (χ3n) is 4.00. The number of anilines is 1. The van der Waals surface area contributed by atoms with Crippen LogP contribution in [0.2, 0.25) is 0 Å². The average molecular weight is 281 g/mol. The van der Waals surface area contributed by atoms with Crippen LogP contribution in [0.5, 0.6) is 0 Å². The number of rotatable bonds is 4. The van der Waals surface area contributed by atoms with Crippen LogP contribution in [0.3, 0.4) is 0 Å². The van der Waals surface area contributed by atoms with E-state index in [1.165, 1.54) is 12.1 Å². The highest BCUT2D eigenvalue weighted by Gasteiger charge is 2.32. The Balaban J connectivity index is 2.11. The first-order valence-electron chi connectivity index (χ1n) is 6.82. The second kappa shape index (κ2) is 5.75. The lowest BCUT2D eigenvalue weighted by atomic mass is 9.77. The van der Waals surface area contributed by atoms with E-state index in [0.29, 0.717) is 6.54 Å². The maximum Gasteiger partial charge on any atom is 0.327 e. The van der Waals surface area contributed by atoms with E-state index in [-0.39, 0.29) is 17.1 Å². The van der Waals surface area contributed by atoms with Gasteiger partial charge in [-0.1, -0.05) is 19.9 Å². The van der Waals surface area contributed by atoms with Crippen LogP contribution in [-0.2, 0) is 0 Å². The van der Waals surface area contributed by atoms with Gasteiger partial charge in [0.25, 0.3) is 0 Å². The zero-order chi connectivity index (χ0) is 14.8. The second-order valence-electron chi connectivity index (χ2n) is 5.87. The number of para-hydroxylation sites is 1. The first-order chi connectivity index (χ1) is 9.42. The lowest BCUT2D eigenvalue weighted by molar-refractivity contribution is -0.386. The predicted octanol–water partition coefficient (Wildman–Crippen LogP) is 2.92. The molecule has 1 aliphatic rings. The molecule has 0 aromatic heterocycles. The summed E-state index contributed by atoms with van der Waals surface area (Å²) in [4.78, 5) is 10.2. The van der Waals surface area contributed by atoms with Gasteiger partial charge in [0.15, 0.2) is 0 Å². The Morgan fingerprint density at radius 1 is 1.55 bits per heavy atom. The van der Waals surface area contributed by atoms with Crippen molar-refractivity contribution in [3.8, 4) is 0 Å². The van der Waals surface area contributed by atoms with Crippen LogP contribution in [0.4, 0.5) is 15.8 Å². The number of hydrogen-bond acceptors (Lipinski definition) is 4. The number of nitrogens with one attached hydrogen (secondary N) is 2. The van der Waals surface area contributed by atoms with Crippen LogP contribution in [0.25, 0.3) is 0 Å². The summed E-state index contributed by atoms with van der Waals surface area (Å²) in [7, 11) is 0. The van der Waals surface area contributed by atoms with Gasteiger partial charge >= 0.3 is 5.69 Å². The summed E-state index contributed by atoms with van der Waals surface area (Å²) >= 11 is 0. The Morgan fingerprint density at radius 3 is 2.95 bits per heavy atom. The minimum atomic E-state index is -0.809. The predicted molar refractivity (Wildman–Crippen MR) is 76.3 cm³/mol. The fraction of sp³-hybridized carbons (Fsp3) is 0.571. The van der Waals surface area contributed by atoms with Gasteiger partial charge in [0.05, 0.1) is 4.92 Å². The number of piperidine rings is 1. The molecule has 0 radical (unpaired) electrons. The maximum absolute atomic E-state index is 13.5. The Labute approximate surface area is 117 Å². The molecule has 0 aliphatic carbocycles. The summed E-state index contributed by atoms with van der Waals surface area (Å²) in [6.07, 6.45) is 2.24. The minimum absolute atomic E-state index is 0.118. The monoisotopic (exact) mass is 281 g/mol. The first kappa shape index (κ1) is 14.7. The Kier molecular flexibility index (Phi) is 4.23. The van der Waals surface area contributed by atoms with Crippen molar-refractivity contribution in [3.63, 3.8) is 0 Å². The van der Waals surface area contributed by atoms with Gasteiger partial charge in [-0.15, -0.1) is 0 Å². The normalized spacial score (nSPS) is 21.4. The van der Waals surface area contributed by atoms with Gasteiger partial charge in [-0.25, -0.2) is 0 Å². The summed E-state index contributed by atoms with van der Waals surface area (Å²) in [5.74, 6) is -0.809. The van der Waals surface area contributed by atoms with Crippen LogP contribution in [0.15, 0.2) is 18.2 Å². The van der Waals surface area contributed by atoms with Crippen molar-refractivity contribution >= 4 is 11.4 Å². The van der Waals surface area contributed by atoms with Crippen molar-refractivity contribution in [3.05, 3.63) is 34.1 Å². The van der Waals surface area contributed by atoms with Crippen molar-refractivity contribution in [2.75, 3.05) is 18.4 Å². The third kappa shape index (κ3) is 3.07. The largest absolute Gasteiger partial charge is 0.378 e. The van der Waals surface area contributed by atoms with Gasteiger partial charge in [-0.2, -0.15) is 4.39 Å². The van der Waals surface area contributed by atoms with Crippen LogP contribution >= 0.6 is 0 Å². The molecule has 1 fully saturated rings. The van der Waals surface area contributed by atoms with Crippen molar-refractivity contribution in [1.29, 1.82) is 0 Å². The molecule has 2 N–H and O–H groups in total. The highest BCUT2D eigenvalue weighted by Crippen LogP contribution is 2.32. The van der Waals surface area contributed by atoms with E-state index in [9.17, 15) is 14.5 Å². The number of benzene rings is 1. The number of hydrogen-bond donors (Lipinski definition) is 2. The SMILES string of the molecule is CC1(C)CCCNC1CNc1cccc(F)c1[N+](=O)[O-]. The van der Waals surface area contributed by atoms with E-state index in [4.69, 9.17) is 0 Å². The third-order valence-corrected chi connectivity index (χ3v) is 4.00. The van der Waals surface area contributed by atoms with Crippen molar-refractivity contribution in [1.82, 2.24) is 5.32 Å². The molecule has 0 bridgehead atoms. The summed E-state index contributed by atoms with van der Waals surface area (Å²) in [6.45, 7) is 5.83. The zero-order valence-electron chi connectivity index (χ0n) is 11.8. The molecule has 0 saturated carbocycles. The van der Waals surface area contributed by atoms with Crippen LogP contribution in [0, 0.1) is 21.3 Å². The standard InChI is InChI=1S/C14H20FN3O2/c1-14(2)7-4-8-16-12(14)9-17-11-6-3-5-10(15)13(11)18(19)20/h3,5-6,12,16-17H,4,7-9H2,1-2H3. The smallest absolute Gasteiger partial charge is 0.327 e. The van der Waals surface area contributed by atoms with E-state index in [0.717, 1.165) is 25.5 Å². The van der Waals surface area contributed by atoms with Crippen molar-refractivity contribution in [2.24, 2.45) is 5.41 Å². The molecule has 1 atom stereocenters. The first-order valence-corrected chi connectivity index (χ1v) is 6.82. The van der Waals surface area contributed by atoms with Gasteiger partial charge < -0.3 is 10.6 Å². The number of nitrogens with zero attached hydrogens (tertiary/aromatic N) is 1. The Morgan fingerprint density at radius 2 is 2.30 bits per heavy atom. The molecule has 1 aromatic rings. The molecule has 5 nitrogen and oxygen atoms in total. The lowest BCUT2D eigenvalue weighted by Crippen LogP contribution is -2.50. The molecule has 0 amide bonds. The van der Waals surface area contributed by atoms with Crippen LogP contribution < -0.4 is 10.6 Å². The quantitative estimate of drug-likeness (QED) is 0.658. The van der Waals surface area contributed by atoms with Gasteiger partial charge in [0.2, 0.25) is 5.82 Å². The molecule has 6 heteroatoms. The molecule has 1 aromatic carbocycles. The van der Waals surface area contributed by atoms with Gasteiger partial charge in [-0.05, 0) is 36.9 Å². The zero-order valence-corrected chi connectivity index (χ0v) is 11.8. The van der Waals surface area contributed by atoms with E-state index in [2.05, 4.69) is 24.5 Å². The number of nitro benzene ring substituents is 1. The van der Waals surface area contributed by atoms with Gasteiger partial charge in [-0.3, -0.25) is 10.1 Å². The Bertz CT molecular complexity index is 505. The van der Waals surface area contributed by atoms with Crippen LogP contribution in [-0.4, -0.2) is 24.1 Å². The maximum atomic E-state index is 13.5. The van der Waals surface area contributed by atoms with Crippen molar-refractivity contribution < 1.29 is 9.31 Å². The van der Waals surface area contributed by atoms with E-state index in [1.807, 2.05) is 0 Å². The van der Waals surface area contributed by atoms with Crippen LogP contribution in [0.1, 0.15) is 26.7 Å².